The molecule has 1 unspecified atom stereocenters. The Bertz CT molecular complexity index is 367. The van der Waals surface area contributed by atoms with Crippen molar-refractivity contribution in [3.05, 3.63) is 29.8 Å². The number of rotatable bonds is 6. The van der Waals surface area contributed by atoms with Gasteiger partial charge >= 0.3 is 0 Å². The van der Waals surface area contributed by atoms with Gasteiger partial charge in [-0.05, 0) is 50.1 Å². The monoisotopic (exact) mass is 265 g/mol. The van der Waals surface area contributed by atoms with Gasteiger partial charge in [0.1, 0.15) is 0 Å². The first-order valence-electron chi connectivity index (χ1n) is 6.62. The van der Waals surface area contributed by atoms with Gasteiger partial charge in [0.2, 0.25) is 0 Å². The summed E-state index contributed by atoms with van der Waals surface area (Å²) >= 11 is 1.78. The van der Waals surface area contributed by atoms with E-state index in [1.807, 2.05) is 7.11 Å². The van der Waals surface area contributed by atoms with Crippen molar-refractivity contribution in [3.63, 3.8) is 0 Å². The Balaban J connectivity index is 1.88. The molecule has 0 saturated heterocycles. The van der Waals surface area contributed by atoms with Crippen LogP contribution in [0.4, 0.5) is 0 Å². The lowest BCUT2D eigenvalue weighted by molar-refractivity contribution is -0.0706. The molecule has 0 aromatic heterocycles. The van der Waals surface area contributed by atoms with Crippen molar-refractivity contribution in [2.24, 2.45) is 0 Å². The first-order chi connectivity index (χ1) is 8.69. The summed E-state index contributed by atoms with van der Waals surface area (Å²) in [6, 6.07) is 9.18. The van der Waals surface area contributed by atoms with E-state index in [0.717, 1.165) is 6.54 Å². The number of benzene rings is 1. The predicted octanol–water partition coefficient (Wildman–Crippen LogP) is 3.63. The highest BCUT2D eigenvalue weighted by atomic mass is 32.2. The standard InChI is InChI=1S/C15H23NOS/c1-12(13-5-7-14(18-3)8-6-13)16-11-15(17-2)9-4-10-15/h5-8,12,16H,4,9-11H2,1-3H3. The van der Waals surface area contributed by atoms with Crippen LogP contribution in [0.5, 0.6) is 0 Å². The Kier molecular flexibility index (Phi) is 4.71. The maximum Gasteiger partial charge on any atom is 0.0802 e. The number of ether oxygens (including phenoxy) is 1. The smallest absolute Gasteiger partial charge is 0.0802 e. The molecule has 1 fully saturated rings. The van der Waals surface area contributed by atoms with Crippen molar-refractivity contribution in [2.75, 3.05) is 19.9 Å². The van der Waals surface area contributed by atoms with Gasteiger partial charge in [-0.15, -0.1) is 11.8 Å². The number of nitrogens with one attached hydrogen (secondary N) is 1. The van der Waals surface area contributed by atoms with E-state index in [0.29, 0.717) is 6.04 Å². The summed E-state index contributed by atoms with van der Waals surface area (Å²) in [6.45, 7) is 3.17. The van der Waals surface area contributed by atoms with Crippen LogP contribution in [0.3, 0.4) is 0 Å². The molecule has 0 spiro atoms. The fourth-order valence-corrected chi connectivity index (χ4v) is 2.78. The molecule has 2 nitrogen and oxygen atoms in total. The fraction of sp³-hybridized carbons (Fsp3) is 0.600. The first-order valence-corrected chi connectivity index (χ1v) is 7.84. The maximum atomic E-state index is 5.63. The summed E-state index contributed by atoms with van der Waals surface area (Å²) in [5.74, 6) is 0. The zero-order valence-corrected chi connectivity index (χ0v) is 12.3. The van der Waals surface area contributed by atoms with Gasteiger partial charge in [0.05, 0.1) is 5.60 Å². The summed E-state index contributed by atoms with van der Waals surface area (Å²) in [6.07, 6.45) is 5.78. The molecular formula is C15H23NOS. The Morgan fingerprint density at radius 2 is 2.00 bits per heavy atom. The number of hydrogen-bond donors (Lipinski definition) is 1. The molecule has 1 saturated carbocycles. The summed E-state index contributed by atoms with van der Waals surface area (Å²) in [5.41, 5.74) is 1.45. The third-order valence-electron chi connectivity index (χ3n) is 4.04. The van der Waals surface area contributed by atoms with Gasteiger partial charge in [0.25, 0.3) is 0 Å². The molecule has 0 amide bonds. The zero-order chi connectivity index (χ0) is 13.0. The first kappa shape index (κ1) is 13.9. The van der Waals surface area contributed by atoms with Gasteiger partial charge in [0, 0.05) is 24.6 Å². The molecule has 1 aromatic carbocycles. The van der Waals surface area contributed by atoms with Crippen molar-refractivity contribution in [3.8, 4) is 0 Å². The average molecular weight is 265 g/mol. The van der Waals surface area contributed by atoms with Crippen LogP contribution in [0.15, 0.2) is 29.2 Å². The Hall–Kier alpha value is -0.510. The molecule has 1 N–H and O–H groups in total. The summed E-state index contributed by atoms with van der Waals surface area (Å²) < 4.78 is 5.63. The van der Waals surface area contributed by atoms with Crippen LogP contribution < -0.4 is 5.32 Å². The van der Waals surface area contributed by atoms with Gasteiger partial charge in [-0.2, -0.15) is 0 Å². The second-order valence-corrected chi connectivity index (χ2v) is 6.00. The Labute approximate surface area is 114 Å². The van der Waals surface area contributed by atoms with Crippen molar-refractivity contribution in [1.82, 2.24) is 5.32 Å². The van der Waals surface area contributed by atoms with Crippen LogP contribution in [0.25, 0.3) is 0 Å². The van der Waals surface area contributed by atoms with E-state index in [1.165, 1.54) is 29.7 Å². The predicted molar refractivity (Wildman–Crippen MR) is 78.2 cm³/mol. The van der Waals surface area contributed by atoms with E-state index in [1.54, 1.807) is 11.8 Å². The molecule has 1 atom stereocenters. The summed E-state index contributed by atoms with van der Waals surface area (Å²) in [4.78, 5) is 1.32. The summed E-state index contributed by atoms with van der Waals surface area (Å²) in [7, 11) is 1.83. The van der Waals surface area contributed by atoms with E-state index < -0.39 is 0 Å². The normalized spacial score (nSPS) is 19.3. The number of thioether (sulfide) groups is 1. The summed E-state index contributed by atoms with van der Waals surface area (Å²) in [5, 5.41) is 3.60. The highest BCUT2D eigenvalue weighted by Gasteiger charge is 2.36. The Morgan fingerprint density at radius 1 is 1.33 bits per heavy atom. The van der Waals surface area contributed by atoms with E-state index in [4.69, 9.17) is 4.74 Å². The molecule has 0 heterocycles. The fourth-order valence-electron chi connectivity index (χ4n) is 2.37. The van der Waals surface area contributed by atoms with Gasteiger partial charge < -0.3 is 10.1 Å². The molecule has 0 aliphatic heterocycles. The molecule has 100 valence electrons. The molecule has 0 radical (unpaired) electrons. The van der Waals surface area contributed by atoms with Crippen LogP contribution >= 0.6 is 11.8 Å². The lowest BCUT2D eigenvalue weighted by atomic mass is 9.80. The van der Waals surface area contributed by atoms with Crippen molar-refractivity contribution in [2.45, 2.75) is 42.7 Å². The third kappa shape index (κ3) is 3.08. The average Bonchev–Trinajstić information content (AvgIpc) is 2.38. The van der Waals surface area contributed by atoms with Crippen molar-refractivity contribution < 1.29 is 4.74 Å². The zero-order valence-electron chi connectivity index (χ0n) is 11.5. The van der Waals surface area contributed by atoms with Crippen LogP contribution in [0.2, 0.25) is 0 Å². The van der Waals surface area contributed by atoms with E-state index >= 15 is 0 Å². The van der Waals surface area contributed by atoms with Gasteiger partial charge in [-0.25, -0.2) is 0 Å². The number of methoxy groups -OCH3 is 1. The molecular weight excluding hydrogens is 242 g/mol. The van der Waals surface area contributed by atoms with Crippen molar-refractivity contribution in [1.29, 1.82) is 0 Å². The minimum Gasteiger partial charge on any atom is -0.377 e. The van der Waals surface area contributed by atoms with E-state index in [-0.39, 0.29) is 5.60 Å². The highest BCUT2D eigenvalue weighted by molar-refractivity contribution is 7.98. The van der Waals surface area contributed by atoms with Crippen LogP contribution in [0, 0.1) is 0 Å². The van der Waals surface area contributed by atoms with E-state index in [9.17, 15) is 0 Å². The van der Waals surface area contributed by atoms with Crippen LogP contribution in [0.1, 0.15) is 37.8 Å². The molecule has 0 bridgehead atoms. The third-order valence-corrected chi connectivity index (χ3v) is 4.79. The topological polar surface area (TPSA) is 21.3 Å². The van der Waals surface area contributed by atoms with E-state index in [2.05, 4.69) is 42.8 Å². The minimum absolute atomic E-state index is 0.105. The molecule has 2 rings (SSSR count). The quantitative estimate of drug-likeness (QED) is 0.794. The SMILES string of the molecule is COC1(CNC(C)c2ccc(SC)cc2)CCC1. The van der Waals surface area contributed by atoms with Gasteiger partial charge in [0.15, 0.2) is 0 Å². The second-order valence-electron chi connectivity index (χ2n) is 5.12. The lowest BCUT2D eigenvalue weighted by Gasteiger charge is -2.41. The second kappa shape index (κ2) is 6.09. The van der Waals surface area contributed by atoms with Crippen LogP contribution in [-0.4, -0.2) is 25.5 Å². The molecule has 1 aliphatic carbocycles. The molecule has 1 aromatic rings. The lowest BCUT2D eigenvalue weighted by Crippen LogP contribution is -2.48. The van der Waals surface area contributed by atoms with Gasteiger partial charge in [-0.1, -0.05) is 12.1 Å². The maximum absolute atomic E-state index is 5.63. The van der Waals surface area contributed by atoms with Crippen LogP contribution in [-0.2, 0) is 4.74 Å². The highest BCUT2D eigenvalue weighted by Crippen LogP contribution is 2.34. The largest absolute Gasteiger partial charge is 0.377 e. The Morgan fingerprint density at radius 3 is 2.44 bits per heavy atom. The molecule has 3 heteroatoms. The molecule has 1 aliphatic rings. The van der Waals surface area contributed by atoms with Gasteiger partial charge in [-0.3, -0.25) is 0 Å². The minimum atomic E-state index is 0.105. The van der Waals surface area contributed by atoms with Crippen molar-refractivity contribution >= 4 is 11.8 Å². The molecule has 18 heavy (non-hydrogen) atoms. The number of hydrogen-bond acceptors (Lipinski definition) is 3.